The van der Waals surface area contributed by atoms with Crippen molar-refractivity contribution in [2.45, 2.75) is 25.9 Å². The summed E-state index contributed by atoms with van der Waals surface area (Å²) < 4.78 is 19.1. The summed E-state index contributed by atoms with van der Waals surface area (Å²) in [5, 5.41) is 8.65. The third-order valence-electron chi connectivity index (χ3n) is 4.89. The smallest absolute Gasteiger partial charge is 0.229 e. The molecule has 0 radical (unpaired) electrons. The van der Waals surface area contributed by atoms with Crippen LogP contribution >= 0.6 is 11.3 Å². The number of morpholine rings is 1. The molecular formula is C21H22FN5O2S. The molecule has 4 rings (SSSR count). The molecule has 1 saturated heterocycles. The fraction of sp³-hybridized carbons (Fsp3) is 0.333. The summed E-state index contributed by atoms with van der Waals surface area (Å²) in [5.41, 5.74) is 9.36. The first-order valence-electron chi connectivity index (χ1n) is 9.65. The molecule has 0 spiro atoms. The number of aromatic nitrogens is 3. The number of hydrogen-bond acceptors (Lipinski definition) is 7. The van der Waals surface area contributed by atoms with Crippen LogP contribution in [0.4, 0.5) is 9.52 Å². The van der Waals surface area contributed by atoms with Gasteiger partial charge in [-0.25, -0.2) is 4.39 Å². The Kier molecular flexibility index (Phi) is 6.01. The highest BCUT2D eigenvalue weighted by molar-refractivity contribution is 7.15. The molecule has 9 heteroatoms. The van der Waals surface area contributed by atoms with E-state index >= 15 is 0 Å². The Hall–Kier alpha value is -2.91. The fourth-order valence-corrected chi connectivity index (χ4v) is 4.11. The van der Waals surface area contributed by atoms with Gasteiger partial charge in [0.15, 0.2) is 0 Å². The van der Waals surface area contributed by atoms with Crippen molar-refractivity contribution in [3.05, 3.63) is 69.7 Å². The normalized spacial score (nSPS) is 16.6. The third-order valence-corrected chi connectivity index (χ3v) is 5.64. The van der Waals surface area contributed by atoms with E-state index in [9.17, 15) is 9.18 Å². The monoisotopic (exact) mass is 427 g/mol. The van der Waals surface area contributed by atoms with Crippen LogP contribution in [0.5, 0.6) is 0 Å². The minimum Gasteiger partial charge on any atom is -0.374 e. The number of ether oxygens (including phenoxy) is 1. The lowest BCUT2D eigenvalue weighted by molar-refractivity contribution is -0.138. The van der Waals surface area contributed by atoms with E-state index in [0.717, 1.165) is 22.5 Å². The van der Waals surface area contributed by atoms with Gasteiger partial charge >= 0.3 is 0 Å². The first-order valence-corrected chi connectivity index (χ1v) is 10.5. The summed E-state index contributed by atoms with van der Waals surface area (Å²) in [6.45, 7) is 3.33. The molecule has 0 bridgehead atoms. The predicted octanol–water partition coefficient (Wildman–Crippen LogP) is 2.70. The molecular weight excluding hydrogens is 405 g/mol. The van der Waals surface area contributed by atoms with Crippen molar-refractivity contribution in [3.63, 3.8) is 0 Å². The maximum absolute atomic E-state index is 13.2. The summed E-state index contributed by atoms with van der Waals surface area (Å²) in [4.78, 5) is 19.1. The van der Waals surface area contributed by atoms with Crippen LogP contribution < -0.4 is 5.73 Å². The molecule has 1 amide bonds. The SMILES string of the molecule is Cc1cc(Cc2ccc(F)cc2)cc(C2CN(C(=O)Cc3nnc(N)s3)CCO2)n1. The number of anilines is 1. The van der Waals surface area contributed by atoms with Crippen molar-refractivity contribution < 1.29 is 13.9 Å². The van der Waals surface area contributed by atoms with Crippen molar-refractivity contribution in [3.8, 4) is 0 Å². The molecule has 1 aromatic carbocycles. The molecule has 2 N–H and O–H groups in total. The zero-order chi connectivity index (χ0) is 21.1. The second kappa shape index (κ2) is 8.85. The van der Waals surface area contributed by atoms with E-state index in [1.807, 2.05) is 19.1 Å². The van der Waals surface area contributed by atoms with E-state index in [0.29, 0.717) is 36.3 Å². The lowest BCUT2D eigenvalue weighted by Gasteiger charge is -2.32. The summed E-state index contributed by atoms with van der Waals surface area (Å²) in [5.74, 6) is -0.277. The summed E-state index contributed by atoms with van der Waals surface area (Å²) >= 11 is 1.22. The quantitative estimate of drug-likeness (QED) is 0.673. The standard InChI is InChI=1S/C21H22FN5O2S/c1-13-8-15(9-14-2-4-16(22)5-3-14)10-17(24-13)18-12-27(6-7-29-18)20(28)11-19-25-26-21(23)30-19/h2-5,8,10,18H,6-7,9,11-12H2,1H3,(H2,23,26). The number of pyridine rings is 1. The highest BCUT2D eigenvalue weighted by Gasteiger charge is 2.27. The van der Waals surface area contributed by atoms with Gasteiger partial charge < -0.3 is 15.4 Å². The second-order valence-corrected chi connectivity index (χ2v) is 8.35. The number of amides is 1. The Morgan fingerprint density at radius 1 is 1.27 bits per heavy atom. The van der Waals surface area contributed by atoms with E-state index in [-0.39, 0.29) is 24.2 Å². The summed E-state index contributed by atoms with van der Waals surface area (Å²) in [6.07, 6.45) is 0.553. The minimum absolute atomic E-state index is 0.0290. The van der Waals surface area contributed by atoms with Gasteiger partial charge in [0.05, 0.1) is 25.3 Å². The lowest BCUT2D eigenvalue weighted by Crippen LogP contribution is -2.43. The largest absolute Gasteiger partial charge is 0.374 e. The van der Waals surface area contributed by atoms with E-state index in [1.54, 1.807) is 17.0 Å². The molecule has 0 saturated carbocycles. The van der Waals surface area contributed by atoms with Crippen molar-refractivity contribution in [1.29, 1.82) is 0 Å². The van der Waals surface area contributed by atoms with Crippen LogP contribution in [0.1, 0.15) is 33.6 Å². The topological polar surface area (TPSA) is 94.2 Å². The number of carbonyl (C=O) groups is 1. The summed E-state index contributed by atoms with van der Waals surface area (Å²) in [7, 11) is 0. The molecule has 1 aliphatic rings. The number of nitrogens with two attached hydrogens (primary N) is 1. The lowest BCUT2D eigenvalue weighted by atomic mass is 10.0. The van der Waals surface area contributed by atoms with Crippen molar-refractivity contribution in [2.24, 2.45) is 0 Å². The van der Waals surface area contributed by atoms with Crippen LogP contribution in [-0.2, 0) is 22.4 Å². The van der Waals surface area contributed by atoms with Gasteiger partial charge in [-0.2, -0.15) is 0 Å². The predicted molar refractivity (Wildman–Crippen MR) is 111 cm³/mol. The first kappa shape index (κ1) is 20.4. The molecule has 156 valence electrons. The van der Waals surface area contributed by atoms with E-state index in [4.69, 9.17) is 10.5 Å². The van der Waals surface area contributed by atoms with Crippen molar-refractivity contribution >= 4 is 22.4 Å². The Balaban J connectivity index is 1.46. The van der Waals surface area contributed by atoms with E-state index in [2.05, 4.69) is 15.2 Å². The number of carbonyl (C=O) groups excluding carboxylic acids is 1. The molecule has 3 aromatic rings. The number of rotatable bonds is 5. The average Bonchev–Trinajstić information content (AvgIpc) is 3.14. The summed E-state index contributed by atoms with van der Waals surface area (Å²) in [6, 6.07) is 10.5. The zero-order valence-corrected chi connectivity index (χ0v) is 17.4. The fourth-order valence-electron chi connectivity index (χ4n) is 3.51. The Labute approximate surface area is 177 Å². The van der Waals surface area contributed by atoms with E-state index in [1.165, 1.54) is 23.5 Å². The highest BCUT2D eigenvalue weighted by atomic mass is 32.1. The minimum atomic E-state index is -0.297. The van der Waals surface area contributed by atoms with Gasteiger partial charge in [0.25, 0.3) is 0 Å². The van der Waals surface area contributed by atoms with Crippen LogP contribution in [0.15, 0.2) is 36.4 Å². The van der Waals surface area contributed by atoms with Crippen LogP contribution in [0.25, 0.3) is 0 Å². The molecule has 1 fully saturated rings. The highest BCUT2D eigenvalue weighted by Crippen LogP contribution is 2.24. The number of nitrogen functional groups attached to an aromatic ring is 1. The number of benzene rings is 1. The van der Waals surface area contributed by atoms with Crippen LogP contribution in [0.2, 0.25) is 0 Å². The maximum atomic E-state index is 13.2. The van der Waals surface area contributed by atoms with Crippen molar-refractivity contribution in [1.82, 2.24) is 20.1 Å². The van der Waals surface area contributed by atoms with Gasteiger partial charge in [0.1, 0.15) is 16.9 Å². The van der Waals surface area contributed by atoms with Gasteiger partial charge in [0.2, 0.25) is 11.0 Å². The molecule has 30 heavy (non-hydrogen) atoms. The first-order chi connectivity index (χ1) is 14.5. The third kappa shape index (κ3) is 4.98. The van der Waals surface area contributed by atoms with E-state index < -0.39 is 0 Å². The van der Waals surface area contributed by atoms with Crippen LogP contribution in [-0.4, -0.2) is 45.7 Å². The molecule has 7 nitrogen and oxygen atoms in total. The Morgan fingerprint density at radius 3 is 2.80 bits per heavy atom. The Bertz CT molecular complexity index is 1040. The second-order valence-electron chi connectivity index (χ2n) is 7.25. The van der Waals surface area contributed by atoms with Crippen molar-refractivity contribution in [2.75, 3.05) is 25.4 Å². The zero-order valence-electron chi connectivity index (χ0n) is 16.5. The number of hydrogen-bond donors (Lipinski definition) is 1. The molecule has 1 unspecified atom stereocenters. The van der Waals surface area contributed by atoms with Crippen LogP contribution in [0.3, 0.4) is 0 Å². The van der Waals surface area contributed by atoms with Gasteiger partial charge in [-0.15, -0.1) is 10.2 Å². The van der Waals surface area contributed by atoms with Gasteiger partial charge in [-0.3, -0.25) is 9.78 Å². The van der Waals surface area contributed by atoms with Gasteiger partial charge in [-0.1, -0.05) is 23.5 Å². The van der Waals surface area contributed by atoms with Gasteiger partial charge in [-0.05, 0) is 48.7 Å². The van der Waals surface area contributed by atoms with Crippen LogP contribution in [0, 0.1) is 12.7 Å². The average molecular weight is 428 g/mol. The number of aryl methyl sites for hydroxylation is 1. The maximum Gasteiger partial charge on any atom is 0.229 e. The molecule has 0 aliphatic carbocycles. The molecule has 2 aromatic heterocycles. The molecule has 1 atom stereocenters. The molecule has 1 aliphatic heterocycles. The number of halogens is 1. The van der Waals surface area contributed by atoms with Gasteiger partial charge in [0, 0.05) is 12.2 Å². The Morgan fingerprint density at radius 2 is 2.07 bits per heavy atom. The number of nitrogens with zero attached hydrogens (tertiary/aromatic N) is 4. The molecule has 3 heterocycles.